The van der Waals surface area contributed by atoms with Gasteiger partial charge in [0.15, 0.2) is 0 Å². The summed E-state index contributed by atoms with van der Waals surface area (Å²) in [6.07, 6.45) is 1.94. The Morgan fingerprint density at radius 1 is 1.10 bits per heavy atom. The van der Waals surface area contributed by atoms with Gasteiger partial charge in [-0.05, 0) is 42.7 Å². The lowest BCUT2D eigenvalue weighted by molar-refractivity contribution is 0.415. The number of hydrogen-bond acceptors (Lipinski definition) is 3. The molecule has 0 aromatic heterocycles. The molecule has 0 heterocycles. The molecule has 0 fully saturated rings. The Kier molecular flexibility index (Phi) is 5.23. The van der Waals surface area contributed by atoms with Gasteiger partial charge in [-0.3, -0.25) is 0 Å². The molecule has 0 radical (unpaired) electrons. The van der Waals surface area contributed by atoms with Crippen molar-refractivity contribution in [1.29, 1.82) is 0 Å². The van der Waals surface area contributed by atoms with Gasteiger partial charge in [0, 0.05) is 30.5 Å². The van der Waals surface area contributed by atoms with Crippen LogP contribution < -0.4 is 15.4 Å². The topological polar surface area (TPSA) is 38.5 Å². The SMILES string of the molecule is CCC(N)Cc1ccc(N(C)c2cccc(OC)c2)cc1. The van der Waals surface area contributed by atoms with Gasteiger partial charge in [-0.25, -0.2) is 0 Å². The average molecular weight is 284 g/mol. The van der Waals surface area contributed by atoms with Crippen LogP contribution in [-0.2, 0) is 6.42 Å². The Morgan fingerprint density at radius 2 is 1.81 bits per heavy atom. The number of anilines is 2. The van der Waals surface area contributed by atoms with Crippen molar-refractivity contribution in [1.82, 2.24) is 0 Å². The van der Waals surface area contributed by atoms with E-state index in [1.165, 1.54) is 5.56 Å². The first-order valence-corrected chi connectivity index (χ1v) is 7.36. The van der Waals surface area contributed by atoms with E-state index in [1.54, 1.807) is 7.11 Å². The Bertz CT molecular complexity index is 566. The maximum atomic E-state index is 6.00. The Balaban J connectivity index is 2.13. The summed E-state index contributed by atoms with van der Waals surface area (Å²) in [7, 11) is 3.74. The second-order valence-electron chi connectivity index (χ2n) is 5.30. The van der Waals surface area contributed by atoms with Crippen LogP contribution in [0.15, 0.2) is 48.5 Å². The number of hydrogen-bond donors (Lipinski definition) is 1. The molecule has 21 heavy (non-hydrogen) atoms. The quantitative estimate of drug-likeness (QED) is 0.878. The molecule has 0 saturated carbocycles. The molecule has 0 aliphatic rings. The fourth-order valence-electron chi connectivity index (χ4n) is 2.27. The first-order valence-electron chi connectivity index (χ1n) is 7.36. The number of rotatable bonds is 6. The molecule has 2 N–H and O–H groups in total. The van der Waals surface area contributed by atoms with E-state index in [2.05, 4.69) is 49.2 Å². The summed E-state index contributed by atoms with van der Waals surface area (Å²) >= 11 is 0. The number of methoxy groups -OCH3 is 1. The van der Waals surface area contributed by atoms with Gasteiger partial charge < -0.3 is 15.4 Å². The molecule has 3 nitrogen and oxygen atoms in total. The van der Waals surface area contributed by atoms with Crippen molar-refractivity contribution in [2.24, 2.45) is 5.73 Å². The van der Waals surface area contributed by atoms with Gasteiger partial charge in [0.05, 0.1) is 7.11 Å². The molecule has 0 aliphatic heterocycles. The summed E-state index contributed by atoms with van der Waals surface area (Å²) in [5.74, 6) is 0.866. The molecule has 0 bridgehead atoms. The van der Waals surface area contributed by atoms with Crippen LogP contribution in [0.2, 0.25) is 0 Å². The minimum atomic E-state index is 0.243. The monoisotopic (exact) mass is 284 g/mol. The van der Waals surface area contributed by atoms with Gasteiger partial charge in [0.25, 0.3) is 0 Å². The fourth-order valence-corrected chi connectivity index (χ4v) is 2.27. The fraction of sp³-hybridized carbons (Fsp3) is 0.333. The van der Waals surface area contributed by atoms with E-state index in [0.29, 0.717) is 0 Å². The number of nitrogens with two attached hydrogens (primary N) is 1. The van der Waals surface area contributed by atoms with E-state index in [0.717, 1.165) is 30.0 Å². The summed E-state index contributed by atoms with van der Waals surface area (Å²) in [6.45, 7) is 2.12. The first kappa shape index (κ1) is 15.4. The molecular weight excluding hydrogens is 260 g/mol. The first-order chi connectivity index (χ1) is 10.1. The van der Waals surface area contributed by atoms with E-state index in [9.17, 15) is 0 Å². The average Bonchev–Trinajstić information content (AvgIpc) is 2.54. The summed E-state index contributed by atoms with van der Waals surface area (Å²) in [4.78, 5) is 2.14. The molecule has 2 aromatic carbocycles. The van der Waals surface area contributed by atoms with Crippen molar-refractivity contribution in [3.8, 4) is 5.75 Å². The molecule has 2 rings (SSSR count). The zero-order chi connectivity index (χ0) is 15.2. The van der Waals surface area contributed by atoms with E-state index >= 15 is 0 Å². The van der Waals surface area contributed by atoms with Crippen LogP contribution in [0.4, 0.5) is 11.4 Å². The van der Waals surface area contributed by atoms with E-state index in [4.69, 9.17) is 10.5 Å². The van der Waals surface area contributed by atoms with Crippen molar-refractivity contribution in [3.05, 3.63) is 54.1 Å². The van der Waals surface area contributed by atoms with Crippen molar-refractivity contribution in [2.45, 2.75) is 25.8 Å². The zero-order valence-electron chi connectivity index (χ0n) is 13.0. The minimum Gasteiger partial charge on any atom is -0.497 e. The molecule has 0 aliphatic carbocycles. The van der Waals surface area contributed by atoms with Crippen molar-refractivity contribution < 1.29 is 4.74 Å². The molecule has 0 spiro atoms. The van der Waals surface area contributed by atoms with Crippen molar-refractivity contribution in [3.63, 3.8) is 0 Å². The molecule has 1 unspecified atom stereocenters. The Labute approximate surface area is 127 Å². The molecule has 0 amide bonds. The number of benzene rings is 2. The Hall–Kier alpha value is -2.00. The van der Waals surface area contributed by atoms with E-state index in [1.807, 2.05) is 18.2 Å². The maximum Gasteiger partial charge on any atom is 0.120 e. The van der Waals surface area contributed by atoms with Gasteiger partial charge >= 0.3 is 0 Å². The molecule has 112 valence electrons. The van der Waals surface area contributed by atoms with Crippen molar-refractivity contribution in [2.75, 3.05) is 19.1 Å². The van der Waals surface area contributed by atoms with Crippen LogP contribution in [0.5, 0.6) is 5.75 Å². The Morgan fingerprint density at radius 3 is 2.43 bits per heavy atom. The van der Waals surface area contributed by atoms with Gasteiger partial charge in [-0.2, -0.15) is 0 Å². The molecule has 3 heteroatoms. The highest BCUT2D eigenvalue weighted by Crippen LogP contribution is 2.27. The van der Waals surface area contributed by atoms with Gasteiger partial charge in [-0.15, -0.1) is 0 Å². The molecule has 0 saturated heterocycles. The highest BCUT2D eigenvalue weighted by molar-refractivity contribution is 5.64. The second kappa shape index (κ2) is 7.14. The standard InChI is InChI=1S/C18H24N2O/c1-4-15(19)12-14-8-10-16(11-9-14)20(2)17-6-5-7-18(13-17)21-3/h5-11,13,15H,4,12,19H2,1-3H3. The highest BCUT2D eigenvalue weighted by atomic mass is 16.5. The number of ether oxygens (including phenoxy) is 1. The predicted octanol–water partition coefficient (Wildman–Crippen LogP) is 3.74. The third kappa shape index (κ3) is 3.99. The molecule has 2 aromatic rings. The van der Waals surface area contributed by atoms with Crippen LogP contribution in [0.3, 0.4) is 0 Å². The number of nitrogens with zero attached hydrogens (tertiary/aromatic N) is 1. The van der Waals surface area contributed by atoms with E-state index < -0.39 is 0 Å². The summed E-state index contributed by atoms with van der Waals surface area (Å²) in [5, 5.41) is 0. The van der Waals surface area contributed by atoms with Crippen LogP contribution >= 0.6 is 0 Å². The second-order valence-corrected chi connectivity index (χ2v) is 5.30. The van der Waals surface area contributed by atoms with Gasteiger partial charge in [0.1, 0.15) is 5.75 Å². The van der Waals surface area contributed by atoms with Crippen LogP contribution in [-0.4, -0.2) is 20.2 Å². The van der Waals surface area contributed by atoms with E-state index in [-0.39, 0.29) is 6.04 Å². The third-order valence-electron chi connectivity index (χ3n) is 3.79. The van der Waals surface area contributed by atoms with Crippen LogP contribution in [0.25, 0.3) is 0 Å². The smallest absolute Gasteiger partial charge is 0.120 e. The van der Waals surface area contributed by atoms with Crippen molar-refractivity contribution >= 4 is 11.4 Å². The zero-order valence-corrected chi connectivity index (χ0v) is 13.0. The molecule has 1 atom stereocenters. The third-order valence-corrected chi connectivity index (χ3v) is 3.79. The van der Waals surface area contributed by atoms with Crippen LogP contribution in [0, 0.1) is 0 Å². The minimum absolute atomic E-state index is 0.243. The maximum absolute atomic E-state index is 6.00. The summed E-state index contributed by atoms with van der Waals surface area (Å²) < 4.78 is 5.28. The lowest BCUT2D eigenvalue weighted by Gasteiger charge is -2.20. The summed E-state index contributed by atoms with van der Waals surface area (Å²) in [5.41, 5.74) is 9.54. The molecular formula is C18H24N2O. The highest BCUT2D eigenvalue weighted by Gasteiger charge is 2.06. The van der Waals surface area contributed by atoms with Gasteiger partial charge in [-0.1, -0.05) is 25.1 Å². The van der Waals surface area contributed by atoms with Gasteiger partial charge in [0.2, 0.25) is 0 Å². The van der Waals surface area contributed by atoms with Crippen LogP contribution in [0.1, 0.15) is 18.9 Å². The lowest BCUT2D eigenvalue weighted by atomic mass is 10.0. The normalized spacial score (nSPS) is 12.0. The largest absolute Gasteiger partial charge is 0.497 e. The summed E-state index contributed by atoms with van der Waals surface area (Å²) in [6, 6.07) is 16.9. The lowest BCUT2D eigenvalue weighted by Crippen LogP contribution is -2.21. The predicted molar refractivity (Wildman–Crippen MR) is 89.5 cm³/mol.